The maximum atomic E-state index is 6.13. The van der Waals surface area contributed by atoms with Crippen LogP contribution < -0.4 is 0 Å². The third kappa shape index (κ3) is 10.8. The van der Waals surface area contributed by atoms with E-state index in [1.54, 1.807) is 24.8 Å². The molecule has 0 bridgehead atoms. The van der Waals surface area contributed by atoms with E-state index >= 15 is 0 Å². The van der Waals surface area contributed by atoms with Crippen molar-refractivity contribution < 1.29 is 0 Å². The highest BCUT2D eigenvalue weighted by atomic mass is 35.5. The van der Waals surface area contributed by atoms with Crippen molar-refractivity contribution in [1.29, 1.82) is 0 Å². The minimum atomic E-state index is 0.00208. The smallest absolute Gasteiger partial charge is 0.174 e. The van der Waals surface area contributed by atoms with Gasteiger partial charge < -0.3 is 17.6 Å². The number of hydrogen-bond acceptors (Lipinski definition) is 8. The van der Waals surface area contributed by atoms with Crippen LogP contribution in [0.3, 0.4) is 0 Å². The van der Waals surface area contributed by atoms with Crippen molar-refractivity contribution in [2.24, 2.45) is 5.92 Å². The van der Waals surface area contributed by atoms with Gasteiger partial charge >= 0.3 is 0 Å². The lowest BCUT2D eigenvalue weighted by Gasteiger charge is -2.21. The minimum Gasteiger partial charge on any atom is -0.303 e. The Morgan fingerprint density at radius 1 is 0.550 bits per heavy atom. The number of aryl methyl sites for hydroxylation is 1. The first kappa shape index (κ1) is 43.0. The number of halogens is 4. The first-order valence-corrected chi connectivity index (χ1v) is 21.4. The summed E-state index contributed by atoms with van der Waals surface area (Å²) >= 11 is 24.1. The van der Waals surface area contributed by atoms with Crippen LogP contribution in [0.25, 0.3) is 22.6 Å². The first-order chi connectivity index (χ1) is 28.9. The molecule has 0 atom stereocenters. The molecule has 0 saturated heterocycles. The number of imidazole rings is 4. The van der Waals surface area contributed by atoms with Gasteiger partial charge in [-0.3, -0.25) is 0 Å². The van der Waals surface area contributed by atoms with E-state index in [-0.39, 0.29) is 5.41 Å². The SMILES string of the molecule is CC(C)(C)c1cn2ccnc2c(Cl)n1.CCc1cn2ccnc2c(Cl)n1.Clc1nc(CC2CCCCC2)cn2ccnc12.Clc1nc(Cc2ccccc2)cn2ccnc12. The summed E-state index contributed by atoms with van der Waals surface area (Å²) in [5, 5.41) is 1.90. The normalized spacial score (nSPS) is 13.1. The van der Waals surface area contributed by atoms with Gasteiger partial charge in [0.1, 0.15) is 0 Å². The highest BCUT2D eigenvalue weighted by Crippen LogP contribution is 2.27. The van der Waals surface area contributed by atoms with Crippen LogP contribution in [0.15, 0.2) is 105 Å². The second kappa shape index (κ2) is 19.5. The van der Waals surface area contributed by atoms with E-state index in [1.807, 2.05) is 86.1 Å². The molecule has 0 amide bonds. The summed E-state index contributed by atoms with van der Waals surface area (Å²) in [6.45, 7) is 8.36. The van der Waals surface area contributed by atoms with Crippen LogP contribution in [-0.2, 0) is 24.7 Å². The molecular weight excluding hydrogens is 838 g/mol. The maximum Gasteiger partial charge on any atom is 0.174 e. The second-order valence-corrected chi connectivity index (χ2v) is 17.0. The highest BCUT2D eigenvalue weighted by molar-refractivity contribution is 6.33. The van der Waals surface area contributed by atoms with E-state index in [0.717, 1.165) is 53.6 Å². The molecule has 9 aromatic rings. The predicted molar refractivity (Wildman–Crippen MR) is 240 cm³/mol. The molecule has 1 aromatic carbocycles. The molecule has 60 heavy (non-hydrogen) atoms. The Labute approximate surface area is 368 Å². The number of fused-ring (bicyclic) bond motifs is 4. The van der Waals surface area contributed by atoms with Crippen molar-refractivity contribution in [2.75, 3.05) is 0 Å². The zero-order valence-corrected chi connectivity index (χ0v) is 37.0. The Morgan fingerprint density at radius 2 is 0.983 bits per heavy atom. The molecule has 0 N–H and O–H groups in total. The number of hydrogen-bond donors (Lipinski definition) is 0. The summed E-state index contributed by atoms with van der Waals surface area (Å²) in [5.74, 6) is 0.785. The zero-order valence-electron chi connectivity index (χ0n) is 33.9. The monoisotopic (exact) mass is 882 g/mol. The molecule has 8 heterocycles. The molecule has 1 saturated carbocycles. The molecule has 310 valence electrons. The van der Waals surface area contributed by atoms with Crippen molar-refractivity contribution >= 4 is 69.0 Å². The molecule has 0 unspecified atom stereocenters. The number of rotatable bonds is 5. The third-order valence-electron chi connectivity index (χ3n) is 10.1. The standard InChI is InChI=1S/C13H16ClN3.C13H10ClN3.C10H12ClN3.C8H8ClN3/c2*14-12-13-15-6-7-17(13)9-11(16-12)8-10-4-2-1-3-5-10;1-10(2,3)7-6-14-5-4-12-9(14)8(11)13-7;1-2-6-5-12-4-3-10-8(12)7(9)11-6/h6-7,9-10H,1-5,8H2;1-7,9H,8H2;4-6H,1-3H3;3-5H,2H2,1H3. The number of aromatic nitrogens is 12. The number of nitrogens with zero attached hydrogens (tertiary/aromatic N) is 12. The van der Waals surface area contributed by atoms with Gasteiger partial charge in [0.05, 0.1) is 22.8 Å². The molecule has 0 spiro atoms. The Morgan fingerprint density at radius 3 is 1.48 bits per heavy atom. The van der Waals surface area contributed by atoms with Gasteiger partial charge in [-0.25, -0.2) is 39.9 Å². The fraction of sp³-hybridized carbons (Fsp3) is 0.318. The molecule has 16 heteroatoms. The van der Waals surface area contributed by atoms with Crippen LogP contribution >= 0.6 is 46.4 Å². The van der Waals surface area contributed by atoms with Crippen molar-refractivity contribution in [3.8, 4) is 0 Å². The van der Waals surface area contributed by atoms with Gasteiger partial charge in [0.15, 0.2) is 43.2 Å². The molecule has 8 aromatic heterocycles. The van der Waals surface area contributed by atoms with E-state index in [1.165, 1.54) is 37.7 Å². The lowest BCUT2D eigenvalue weighted by molar-refractivity contribution is 0.354. The predicted octanol–water partition coefficient (Wildman–Crippen LogP) is 11.1. The largest absolute Gasteiger partial charge is 0.303 e. The van der Waals surface area contributed by atoms with E-state index in [4.69, 9.17) is 46.4 Å². The minimum absolute atomic E-state index is 0.00208. The molecule has 1 aliphatic carbocycles. The first-order valence-electron chi connectivity index (χ1n) is 19.9. The molecule has 0 radical (unpaired) electrons. The number of benzene rings is 1. The van der Waals surface area contributed by atoms with E-state index in [0.29, 0.717) is 37.6 Å². The van der Waals surface area contributed by atoms with Crippen LogP contribution in [0.4, 0.5) is 0 Å². The molecular formula is C44H46Cl4N12. The van der Waals surface area contributed by atoms with Gasteiger partial charge in [-0.1, -0.05) is 137 Å². The lowest BCUT2D eigenvalue weighted by Crippen LogP contribution is -2.14. The Balaban J connectivity index is 0.000000122. The quantitative estimate of drug-likeness (QED) is 0.168. The van der Waals surface area contributed by atoms with Gasteiger partial charge in [-0.15, -0.1) is 0 Å². The third-order valence-corrected chi connectivity index (χ3v) is 11.1. The highest BCUT2D eigenvalue weighted by Gasteiger charge is 2.18. The summed E-state index contributed by atoms with van der Waals surface area (Å²) in [6.07, 6.45) is 31.9. The van der Waals surface area contributed by atoms with Gasteiger partial charge in [-0.2, -0.15) is 0 Å². The van der Waals surface area contributed by atoms with Crippen LogP contribution in [0.5, 0.6) is 0 Å². The maximum absolute atomic E-state index is 6.13. The van der Waals surface area contributed by atoms with E-state index < -0.39 is 0 Å². The lowest BCUT2D eigenvalue weighted by atomic mass is 9.86. The second-order valence-electron chi connectivity index (χ2n) is 15.6. The van der Waals surface area contributed by atoms with Gasteiger partial charge in [0.2, 0.25) is 0 Å². The van der Waals surface area contributed by atoms with Crippen molar-refractivity contribution in [3.05, 3.63) is 154 Å². The average Bonchev–Trinajstić information content (AvgIpc) is 4.07. The van der Waals surface area contributed by atoms with Crippen LogP contribution in [0.1, 0.15) is 88.1 Å². The Hall–Kier alpha value is -5.14. The van der Waals surface area contributed by atoms with Gasteiger partial charge in [0.25, 0.3) is 0 Å². The van der Waals surface area contributed by atoms with E-state index in [9.17, 15) is 0 Å². The molecule has 1 fully saturated rings. The zero-order chi connectivity index (χ0) is 42.2. The van der Waals surface area contributed by atoms with Crippen molar-refractivity contribution in [3.63, 3.8) is 0 Å². The Kier molecular flexibility index (Phi) is 14.0. The summed E-state index contributed by atoms with van der Waals surface area (Å²) < 4.78 is 7.64. The fourth-order valence-electron chi connectivity index (χ4n) is 6.93. The fourth-order valence-corrected chi connectivity index (χ4v) is 7.93. The summed E-state index contributed by atoms with van der Waals surface area (Å²) in [4.78, 5) is 33.8. The van der Waals surface area contributed by atoms with Crippen LogP contribution in [0.2, 0.25) is 20.6 Å². The summed E-state index contributed by atoms with van der Waals surface area (Å²) in [5.41, 5.74) is 8.06. The topological polar surface area (TPSA) is 121 Å². The summed E-state index contributed by atoms with van der Waals surface area (Å²) in [7, 11) is 0. The van der Waals surface area contributed by atoms with Crippen LogP contribution in [-0.4, -0.2) is 57.5 Å². The van der Waals surface area contributed by atoms with Crippen molar-refractivity contribution in [1.82, 2.24) is 57.5 Å². The average molecular weight is 885 g/mol. The van der Waals surface area contributed by atoms with Crippen molar-refractivity contribution in [2.45, 2.75) is 84.5 Å². The molecule has 12 nitrogen and oxygen atoms in total. The molecule has 1 aliphatic rings. The molecule has 10 rings (SSSR count). The van der Waals surface area contributed by atoms with Crippen LogP contribution in [0, 0.1) is 5.92 Å². The van der Waals surface area contributed by atoms with Gasteiger partial charge in [-0.05, 0) is 24.3 Å². The Bertz CT molecular complexity index is 2800. The molecule has 0 aliphatic heterocycles. The summed E-state index contributed by atoms with van der Waals surface area (Å²) in [6, 6.07) is 10.2. The van der Waals surface area contributed by atoms with Gasteiger partial charge in [0, 0.05) is 86.2 Å². The van der Waals surface area contributed by atoms with E-state index in [2.05, 4.69) is 79.0 Å².